The lowest BCUT2D eigenvalue weighted by Crippen LogP contribution is -2.18. The van der Waals surface area contributed by atoms with Gasteiger partial charge in [-0.25, -0.2) is 8.78 Å². The van der Waals surface area contributed by atoms with Crippen molar-refractivity contribution in [1.82, 2.24) is 0 Å². The predicted molar refractivity (Wildman–Crippen MR) is 116 cm³/mol. The minimum atomic E-state index is -4.80. The van der Waals surface area contributed by atoms with Gasteiger partial charge in [-0.05, 0) is 54.6 Å². The number of carbonyl (C=O) groups excluding carboxylic acids is 2. The summed E-state index contributed by atoms with van der Waals surface area (Å²) in [6.07, 6.45) is -4.94. The monoisotopic (exact) mass is 480 g/mol. The van der Waals surface area contributed by atoms with Gasteiger partial charge >= 0.3 is 6.18 Å². The molecule has 0 aliphatic carbocycles. The summed E-state index contributed by atoms with van der Waals surface area (Å²) in [7, 11) is 0. The molecule has 0 spiro atoms. The standard InChI is InChI=1S/C23H17F5N2O2S/c24-15-7-5-14(6-8-15)22(32)29-16-9-10-19(17(13-16)23(26,27)28)30-21(31)11-12-33-20-4-2-1-3-18(20)25/h1-10,13H,11-12H2,(H,29,32)(H,30,31). The van der Waals surface area contributed by atoms with E-state index in [9.17, 15) is 31.5 Å². The fourth-order valence-electron chi connectivity index (χ4n) is 2.80. The normalized spacial score (nSPS) is 11.2. The molecule has 0 atom stereocenters. The Kier molecular flexibility index (Phi) is 7.70. The maximum atomic E-state index is 13.6. The van der Waals surface area contributed by atoms with Crippen LogP contribution < -0.4 is 10.6 Å². The summed E-state index contributed by atoms with van der Waals surface area (Å²) in [5.74, 6) is -2.23. The number of amides is 2. The number of benzene rings is 3. The van der Waals surface area contributed by atoms with Gasteiger partial charge in [-0.3, -0.25) is 9.59 Å². The molecule has 4 nitrogen and oxygen atoms in total. The fourth-order valence-corrected chi connectivity index (χ4v) is 3.69. The van der Waals surface area contributed by atoms with Crippen molar-refractivity contribution in [2.24, 2.45) is 0 Å². The van der Waals surface area contributed by atoms with E-state index in [1.807, 2.05) is 0 Å². The second-order valence-electron chi connectivity index (χ2n) is 6.80. The van der Waals surface area contributed by atoms with Crippen molar-refractivity contribution < 1.29 is 31.5 Å². The Morgan fingerprint density at radius 1 is 0.879 bits per heavy atom. The molecule has 3 rings (SSSR count). The zero-order valence-electron chi connectivity index (χ0n) is 16.9. The van der Waals surface area contributed by atoms with Crippen molar-refractivity contribution in [3.8, 4) is 0 Å². The topological polar surface area (TPSA) is 58.2 Å². The van der Waals surface area contributed by atoms with Crippen LogP contribution in [0.4, 0.5) is 33.3 Å². The van der Waals surface area contributed by atoms with Gasteiger partial charge in [0.1, 0.15) is 11.6 Å². The number of carbonyl (C=O) groups is 2. The highest BCUT2D eigenvalue weighted by Gasteiger charge is 2.34. The van der Waals surface area contributed by atoms with Crippen molar-refractivity contribution >= 4 is 35.0 Å². The van der Waals surface area contributed by atoms with Gasteiger partial charge in [-0.2, -0.15) is 13.2 Å². The Bertz CT molecular complexity index is 1150. The van der Waals surface area contributed by atoms with Crippen LogP contribution in [0.15, 0.2) is 71.6 Å². The lowest BCUT2D eigenvalue weighted by molar-refractivity contribution is -0.136. The predicted octanol–water partition coefficient (Wildman–Crippen LogP) is 6.36. The molecule has 0 fully saturated rings. The van der Waals surface area contributed by atoms with Crippen molar-refractivity contribution in [3.63, 3.8) is 0 Å². The highest BCUT2D eigenvalue weighted by Crippen LogP contribution is 2.37. The SMILES string of the molecule is O=C(CCSc1ccccc1F)Nc1ccc(NC(=O)c2ccc(F)cc2)cc1C(F)(F)F. The molecule has 0 saturated carbocycles. The third kappa shape index (κ3) is 6.79. The largest absolute Gasteiger partial charge is 0.418 e. The molecular formula is C23H17F5N2O2S. The quantitative estimate of drug-likeness (QED) is 0.306. The molecule has 2 amide bonds. The molecule has 2 N–H and O–H groups in total. The lowest BCUT2D eigenvalue weighted by atomic mass is 10.1. The fraction of sp³-hybridized carbons (Fsp3) is 0.130. The van der Waals surface area contributed by atoms with Crippen molar-refractivity contribution in [3.05, 3.63) is 89.5 Å². The average molecular weight is 480 g/mol. The van der Waals surface area contributed by atoms with Crippen LogP contribution in [0.5, 0.6) is 0 Å². The van der Waals surface area contributed by atoms with Crippen LogP contribution >= 0.6 is 11.8 Å². The lowest BCUT2D eigenvalue weighted by Gasteiger charge is -2.16. The van der Waals surface area contributed by atoms with Crippen molar-refractivity contribution in [2.45, 2.75) is 17.5 Å². The average Bonchev–Trinajstić information content (AvgIpc) is 2.76. The molecule has 33 heavy (non-hydrogen) atoms. The van der Waals surface area contributed by atoms with Crippen LogP contribution in [-0.2, 0) is 11.0 Å². The highest BCUT2D eigenvalue weighted by molar-refractivity contribution is 7.99. The Labute approximate surface area is 190 Å². The summed E-state index contributed by atoms with van der Waals surface area (Å²) in [6, 6.07) is 13.4. The van der Waals surface area contributed by atoms with Crippen molar-refractivity contribution in [1.29, 1.82) is 0 Å². The summed E-state index contributed by atoms with van der Waals surface area (Å²) < 4.78 is 67.2. The summed E-state index contributed by atoms with van der Waals surface area (Å²) >= 11 is 1.07. The summed E-state index contributed by atoms with van der Waals surface area (Å²) in [5, 5.41) is 4.53. The number of rotatable bonds is 7. The Morgan fingerprint density at radius 3 is 2.24 bits per heavy atom. The van der Waals surface area contributed by atoms with E-state index in [-0.39, 0.29) is 23.4 Å². The summed E-state index contributed by atoms with van der Waals surface area (Å²) in [4.78, 5) is 24.7. The van der Waals surface area contributed by atoms with E-state index in [1.54, 1.807) is 12.1 Å². The maximum Gasteiger partial charge on any atom is 0.418 e. The molecule has 172 valence electrons. The number of thioether (sulfide) groups is 1. The maximum absolute atomic E-state index is 13.6. The van der Waals surface area contributed by atoms with Gasteiger partial charge < -0.3 is 10.6 Å². The number of alkyl halides is 3. The summed E-state index contributed by atoms with van der Waals surface area (Å²) in [6.45, 7) is 0. The third-order valence-electron chi connectivity index (χ3n) is 4.39. The minimum Gasteiger partial charge on any atom is -0.325 e. The molecule has 10 heteroatoms. The number of anilines is 2. The third-order valence-corrected chi connectivity index (χ3v) is 5.44. The van der Waals surface area contributed by atoms with Crippen LogP contribution in [0.3, 0.4) is 0 Å². The number of hydrogen-bond donors (Lipinski definition) is 2. The molecule has 3 aromatic rings. The van der Waals surface area contributed by atoms with Crippen LogP contribution in [0.2, 0.25) is 0 Å². The second kappa shape index (κ2) is 10.5. The van der Waals surface area contributed by atoms with Gasteiger partial charge in [0.25, 0.3) is 5.91 Å². The Balaban J connectivity index is 1.67. The zero-order chi connectivity index (χ0) is 24.0. The number of hydrogen-bond acceptors (Lipinski definition) is 3. The van der Waals surface area contributed by atoms with E-state index in [0.29, 0.717) is 11.0 Å². The highest BCUT2D eigenvalue weighted by atomic mass is 32.2. The second-order valence-corrected chi connectivity index (χ2v) is 7.93. The molecule has 0 aromatic heterocycles. The van der Waals surface area contributed by atoms with Gasteiger partial charge in [-0.1, -0.05) is 12.1 Å². The van der Waals surface area contributed by atoms with E-state index in [0.717, 1.165) is 30.0 Å². The molecular weight excluding hydrogens is 463 g/mol. The summed E-state index contributed by atoms with van der Waals surface area (Å²) in [5.41, 5.74) is -1.70. The Morgan fingerprint density at radius 2 is 1.58 bits per heavy atom. The van der Waals surface area contributed by atoms with Crippen LogP contribution in [-0.4, -0.2) is 17.6 Å². The van der Waals surface area contributed by atoms with E-state index in [4.69, 9.17) is 0 Å². The molecule has 0 bridgehead atoms. The van der Waals surface area contributed by atoms with E-state index < -0.39 is 40.9 Å². The molecule has 0 aliphatic rings. The van der Waals surface area contributed by atoms with Crippen molar-refractivity contribution in [2.75, 3.05) is 16.4 Å². The first kappa shape index (κ1) is 24.2. The first-order chi connectivity index (χ1) is 15.6. The van der Waals surface area contributed by atoms with Gasteiger partial charge in [-0.15, -0.1) is 11.8 Å². The van der Waals surface area contributed by atoms with Crippen LogP contribution in [0, 0.1) is 11.6 Å². The molecule has 0 aliphatic heterocycles. The van der Waals surface area contributed by atoms with Crippen LogP contribution in [0.1, 0.15) is 22.3 Å². The Hall–Kier alpha value is -3.40. The molecule has 0 unspecified atom stereocenters. The number of halogens is 5. The van der Waals surface area contributed by atoms with Gasteiger partial charge in [0.05, 0.1) is 11.3 Å². The van der Waals surface area contributed by atoms with E-state index >= 15 is 0 Å². The molecule has 0 saturated heterocycles. The zero-order valence-corrected chi connectivity index (χ0v) is 17.7. The molecule has 3 aromatic carbocycles. The van der Waals surface area contributed by atoms with E-state index in [1.165, 1.54) is 30.3 Å². The minimum absolute atomic E-state index is 0.0645. The van der Waals surface area contributed by atoms with Gasteiger partial charge in [0.2, 0.25) is 5.91 Å². The van der Waals surface area contributed by atoms with E-state index in [2.05, 4.69) is 10.6 Å². The number of nitrogens with one attached hydrogen (secondary N) is 2. The molecule has 0 radical (unpaired) electrons. The van der Waals surface area contributed by atoms with Gasteiger partial charge in [0, 0.05) is 28.3 Å². The first-order valence-electron chi connectivity index (χ1n) is 9.59. The van der Waals surface area contributed by atoms with Gasteiger partial charge in [0.15, 0.2) is 0 Å². The smallest absolute Gasteiger partial charge is 0.325 e. The van der Waals surface area contributed by atoms with Crippen LogP contribution in [0.25, 0.3) is 0 Å². The molecule has 0 heterocycles. The first-order valence-corrected chi connectivity index (χ1v) is 10.6.